The highest BCUT2D eigenvalue weighted by molar-refractivity contribution is 5.79. The Labute approximate surface area is 108 Å². The highest BCUT2D eigenvalue weighted by atomic mass is 16.2. The monoisotopic (exact) mass is 247 g/mol. The van der Waals surface area contributed by atoms with Gasteiger partial charge in [0.25, 0.3) is 0 Å². The van der Waals surface area contributed by atoms with E-state index in [9.17, 15) is 4.79 Å². The number of aromatic nitrogens is 1. The van der Waals surface area contributed by atoms with Crippen LogP contribution in [0.3, 0.4) is 0 Å². The van der Waals surface area contributed by atoms with Gasteiger partial charge in [-0.25, -0.2) is 0 Å². The number of amides is 1. The quantitative estimate of drug-likeness (QED) is 0.864. The van der Waals surface area contributed by atoms with Crippen molar-refractivity contribution >= 4 is 11.6 Å². The van der Waals surface area contributed by atoms with E-state index < -0.39 is 0 Å². The predicted molar refractivity (Wildman–Crippen MR) is 71.9 cm³/mol. The molecule has 2 N–H and O–H groups in total. The summed E-state index contributed by atoms with van der Waals surface area (Å²) in [7, 11) is 0. The van der Waals surface area contributed by atoms with Crippen LogP contribution in [-0.2, 0) is 11.2 Å². The van der Waals surface area contributed by atoms with Crippen LogP contribution < -0.4 is 5.73 Å². The first-order chi connectivity index (χ1) is 8.56. The van der Waals surface area contributed by atoms with Gasteiger partial charge >= 0.3 is 0 Å². The largest absolute Gasteiger partial charge is 0.397 e. The van der Waals surface area contributed by atoms with Crippen molar-refractivity contribution in [1.82, 2.24) is 9.88 Å². The van der Waals surface area contributed by atoms with Gasteiger partial charge in [-0.2, -0.15) is 0 Å². The average Bonchev–Trinajstić information content (AvgIpc) is 3.12. The molecule has 1 aliphatic rings. The van der Waals surface area contributed by atoms with Gasteiger partial charge in [0.15, 0.2) is 0 Å². The van der Waals surface area contributed by atoms with E-state index in [0.717, 1.165) is 25.1 Å². The Hall–Kier alpha value is -1.58. The van der Waals surface area contributed by atoms with Crippen LogP contribution in [0.4, 0.5) is 5.69 Å². The first kappa shape index (κ1) is 12.9. The molecular formula is C14H21N3O. The van der Waals surface area contributed by atoms with Crippen LogP contribution in [0, 0.1) is 5.92 Å². The normalized spacial score (nSPS) is 14.8. The van der Waals surface area contributed by atoms with Gasteiger partial charge in [-0.1, -0.05) is 13.8 Å². The Morgan fingerprint density at radius 2 is 2.22 bits per heavy atom. The highest BCUT2D eigenvalue weighted by Gasteiger charge is 2.32. The van der Waals surface area contributed by atoms with Crippen LogP contribution in [0.1, 0.15) is 32.4 Å². The molecule has 1 aromatic heterocycles. The van der Waals surface area contributed by atoms with Gasteiger partial charge in [-0.05, 0) is 30.9 Å². The van der Waals surface area contributed by atoms with Crippen molar-refractivity contribution in [1.29, 1.82) is 0 Å². The molecule has 1 fully saturated rings. The van der Waals surface area contributed by atoms with E-state index in [1.165, 1.54) is 0 Å². The molecule has 0 radical (unpaired) electrons. The third-order valence-electron chi connectivity index (χ3n) is 3.05. The maximum absolute atomic E-state index is 12.3. The summed E-state index contributed by atoms with van der Waals surface area (Å²) in [5, 5.41) is 0. The number of nitrogens with zero attached hydrogens (tertiary/aromatic N) is 2. The molecule has 0 atom stereocenters. The number of hydrogen-bond acceptors (Lipinski definition) is 3. The molecule has 1 amide bonds. The number of pyridine rings is 1. The maximum atomic E-state index is 12.3. The van der Waals surface area contributed by atoms with Crippen molar-refractivity contribution in [2.75, 3.05) is 12.3 Å². The third kappa shape index (κ3) is 3.45. The Kier molecular flexibility index (Phi) is 3.84. The van der Waals surface area contributed by atoms with E-state index in [-0.39, 0.29) is 5.91 Å². The third-order valence-corrected chi connectivity index (χ3v) is 3.05. The molecule has 1 heterocycles. The van der Waals surface area contributed by atoms with Crippen LogP contribution in [-0.4, -0.2) is 28.4 Å². The lowest BCUT2D eigenvalue weighted by Gasteiger charge is -2.24. The van der Waals surface area contributed by atoms with Crippen molar-refractivity contribution in [3.8, 4) is 0 Å². The number of anilines is 1. The summed E-state index contributed by atoms with van der Waals surface area (Å²) in [5.41, 5.74) is 7.01. The summed E-state index contributed by atoms with van der Waals surface area (Å²) in [6, 6.07) is 4.08. The number of nitrogens with two attached hydrogens (primary N) is 1. The summed E-state index contributed by atoms with van der Waals surface area (Å²) < 4.78 is 0. The van der Waals surface area contributed by atoms with E-state index in [4.69, 9.17) is 5.73 Å². The molecule has 1 saturated carbocycles. The van der Waals surface area contributed by atoms with Crippen molar-refractivity contribution in [3.63, 3.8) is 0 Å². The predicted octanol–water partition coefficient (Wildman–Crippen LogP) is 1.85. The minimum absolute atomic E-state index is 0.184. The first-order valence-electron chi connectivity index (χ1n) is 6.56. The summed E-state index contributed by atoms with van der Waals surface area (Å²) in [5.74, 6) is 0.692. The molecule has 0 aromatic carbocycles. The molecule has 0 spiro atoms. The van der Waals surface area contributed by atoms with E-state index in [0.29, 0.717) is 24.1 Å². The molecule has 18 heavy (non-hydrogen) atoms. The molecule has 98 valence electrons. The molecule has 2 rings (SSSR count). The zero-order valence-corrected chi connectivity index (χ0v) is 11.1. The minimum atomic E-state index is 0.184. The zero-order valence-electron chi connectivity index (χ0n) is 11.1. The average molecular weight is 247 g/mol. The van der Waals surface area contributed by atoms with Gasteiger partial charge in [0, 0.05) is 18.3 Å². The van der Waals surface area contributed by atoms with Crippen molar-refractivity contribution < 1.29 is 4.79 Å². The Morgan fingerprint density at radius 3 is 2.72 bits per heavy atom. The fraction of sp³-hybridized carbons (Fsp3) is 0.571. The van der Waals surface area contributed by atoms with Gasteiger partial charge in [-0.15, -0.1) is 0 Å². The molecule has 1 aromatic rings. The fourth-order valence-corrected chi connectivity index (χ4v) is 2.03. The second kappa shape index (κ2) is 5.38. The lowest BCUT2D eigenvalue weighted by Crippen LogP contribution is -2.37. The van der Waals surface area contributed by atoms with E-state index in [2.05, 4.69) is 18.8 Å². The molecule has 0 unspecified atom stereocenters. The van der Waals surface area contributed by atoms with Crippen LogP contribution in [0.2, 0.25) is 0 Å². The van der Waals surface area contributed by atoms with Crippen molar-refractivity contribution in [3.05, 3.63) is 24.0 Å². The molecule has 0 saturated heterocycles. The van der Waals surface area contributed by atoms with E-state index in [1.54, 1.807) is 12.3 Å². The summed E-state index contributed by atoms with van der Waals surface area (Å²) in [6.45, 7) is 5.13. The molecule has 4 nitrogen and oxygen atoms in total. The van der Waals surface area contributed by atoms with E-state index in [1.807, 2.05) is 11.0 Å². The minimum Gasteiger partial charge on any atom is -0.397 e. The number of rotatable bonds is 5. The van der Waals surface area contributed by atoms with Crippen LogP contribution >= 0.6 is 0 Å². The number of carbonyl (C=O) groups excluding carboxylic acids is 1. The second-order valence-corrected chi connectivity index (χ2v) is 5.43. The lowest BCUT2D eigenvalue weighted by atomic mass is 10.1. The van der Waals surface area contributed by atoms with Gasteiger partial charge in [0.05, 0.1) is 18.3 Å². The van der Waals surface area contributed by atoms with Gasteiger partial charge < -0.3 is 10.6 Å². The molecular weight excluding hydrogens is 226 g/mol. The number of nitrogen functional groups attached to an aromatic ring is 1. The Morgan fingerprint density at radius 1 is 1.50 bits per heavy atom. The summed E-state index contributed by atoms with van der Waals surface area (Å²) >= 11 is 0. The second-order valence-electron chi connectivity index (χ2n) is 5.43. The molecule has 0 bridgehead atoms. The van der Waals surface area contributed by atoms with E-state index >= 15 is 0 Å². The number of hydrogen-bond donors (Lipinski definition) is 1. The van der Waals surface area contributed by atoms with Crippen LogP contribution in [0.5, 0.6) is 0 Å². The maximum Gasteiger partial charge on any atom is 0.228 e. The van der Waals surface area contributed by atoms with Crippen LogP contribution in [0.15, 0.2) is 18.3 Å². The summed E-state index contributed by atoms with van der Waals surface area (Å²) in [6.07, 6.45) is 4.28. The van der Waals surface area contributed by atoms with Crippen molar-refractivity contribution in [2.24, 2.45) is 5.92 Å². The van der Waals surface area contributed by atoms with Crippen molar-refractivity contribution in [2.45, 2.75) is 39.2 Å². The standard InChI is InChI=1S/C14H21N3O/c1-10(2)9-17(13-5-6-13)14(18)7-12-4-3-11(15)8-16-12/h3-4,8,10,13H,5-7,9,15H2,1-2H3. The number of carbonyl (C=O) groups is 1. The fourth-order valence-electron chi connectivity index (χ4n) is 2.03. The smallest absolute Gasteiger partial charge is 0.228 e. The molecule has 4 heteroatoms. The first-order valence-corrected chi connectivity index (χ1v) is 6.56. The Balaban J connectivity index is 1.98. The zero-order chi connectivity index (χ0) is 13.1. The van der Waals surface area contributed by atoms with Gasteiger partial charge in [0.2, 0.25) is 5.91 Å². The SMILES string of the molecule is CC(C)CN(C(=O)Cc1ccc(N)cn1)C1CC1. The molecule has 1 aliphatic carbocycles. The lowest BCUT2D eigenvalue weighted by molar-refractivity contribution is -0.131. The highest BCUT2D eigenvalue weighted by Crippen LogP contribution is 2.28. The van der Waals surface area contributed by atoms with Gasteiger partial charge in [-0.3, -0.25) is 9.78 Å². The topological polar surface area (TPSA) is 59.2 Å². The Bertz CT molecular complexity index is 410. The molecule has 0 aliphatic heterocycles. The van der Waals surface area contributed by atoms with Crippen LogP contribution in [0.25, 0.3) is 0 Å². The summed E-state index contributed by atoms with van der Waals surface area (Å²) in [4.78, 5) is 18.5. The van der Waals surface area contributed by atoms with Gasteiger partial charge in [0.1, 0.15) is 0 Å².